The summed E-state index contributed by atoms with van der Waals surface area (Å²) in [6, 6.07) is 7.44. The van der Waals surface area contributed by atoms with Gasteiger partial charge in [0.2, 0.25) is 11.7 Å². The van der Waals surface area contributed by atoms with E-state index in [1.807, 2.05) is 12.1 Å². The Kier molecular flexibility index (Phi) is 8.39. The van der Waals surface area contributed by atoms with E-state index in [4.69, 9.17) is 24.7 Å². The highest BCUT2D eigenvalue weighted by molar-refractivity contribution is 5.92. The van der Waals surface area contributed by atoms with Gasteiger partial charge in [0, 0.05) is 19.2 Å². The molecule has 1 aromatic rings. The van der Waals surface area contributed by atoms with Crippen molar-refractivity contribution in [2.24, 2.45) is 0 Å². The molecule has 0 aliphatic heterocycles. The summed E-state index contributed by atoms with van der Waals surface area (Å²) < 4.78 is 15.8. The van der Waals surface area contributed by atoms with Crippen molar-refractivity contribution in [3.05, 3.63) is 23.8 Å². The topological polar surface area (TPSA) is 95.6 Å². The molecule has 0 heterocycles. The monoisotopic (exact) mass is 343 g/mol. The van der Waals surface area contributed by atoms with Crippen LogP contribution in [-0.2, 0) is 4.79 Å². The summed E-state index contributed by atoms with van der Waals surface area (Å²) in [4.78, 5) is 13.8. The molecule has 0 aromatic heterocycles. The lowest BCUT2D eigenvalue weighted by molar-refractivity contribution is -0.125. The van der Waals surface area contributed by atoms with Crippen LogP contribution in [0.3, 0.4) is 0 Å². The summed E-state index contributed by atoms with van der Waals surface area (Å²) in [5, 5.41) is 17.4. The standard InChI is InChI=1S/C18H21N3O4/c1-23-15-12-14(13-16(24-2)18(15)25-3)6-7-17(22)21(10-4-8-19)11-5-9-20/h6-7,12-13H,4-5,10-11H2,1-3H3/b7-6+. The Morgan fingerprint density at radius 3 is 1.96 bits per heavy atom. The minimum Gasteiger partial charge on any atom is -0.493 e. The number of carbonyl (C=O) groups excluding carboxylic acids is 1. The van der Waals surface area contributed by atoms with Crippen LogP contribution in [-0.4, -0.2) is 45.2 Å². The molecule has 7 heteroatoms. The third-order valence-corrected chi connectivity index (χ3v) is 3.40. The quantitative estimate of drug-likeness (QED) is 0.639. The van der Waals surface area contributed by atoms with Crippen LogP contribution in [0.1, 0.15) is 18.4 Å². The molecule has 0 aliphatic carbocycles. The van der Waals surface area contributed by atoms with Crippen molar-refractivity contribution in [3.63, 3.8) is 0 Å². The third kappa shape index (κ3) is 5.74. The molecule has 1 rings (SSSR count). The molecule has 0 fully saturated rings. The molecule has 7 nitrogen and oxygen atoms in total. The highest BCUT2D eigenvalue weighted by Gasteiger charge is 2.13. The molecular formula is C18H21N3O4. The molecule has 0 aliphatic rings. The predicted octanol–water partition coefficient (Wildman–Crippen LogP) is 2.38. The highest BCUT2D eigenvalue weighted by Crippen LogP contribution is 2.38. The second kappa shape index (κ2) is 10.6. The molecule has 0 N–H and O–H groups in total. The van der Waals surface area contributed by atoms with Gasteiger partial charge in [0.25, 0.3) is 0 Å². The molecule has 1 amide bonds. The fourth-order valence-electron chi connectivity index (χ4n) is 2.17. The first-order valence-electron chi connectivity index (χ1n) is 7.62. The maximum absolute atomic E-state index is 12.3. The average molecular weight is 343 g/mol. The van der Waals surface area contributed by atoms with Gasteiger partial charge >= 0.3 is 0 Å². The van der Waals surface area contributed by atoms with Crippen LogP contribution in [0.15, 0.2) is 18.2 Å². The zero-order valence-electron chi connectivity index (χ0n) is 14.6. The van der Waals surface area contributed by atoms with Gasteiger partial charge in [-0.1, -0.05) is 0 Å². The molecule has 0 saturated carbocycles. The number of methoxy groups -OCH3 is 3. The van der Waals surface area contributed by atoms with E-state index in [-0.39, 0.29) is 31.8 Å². The first kappa shape index (κ1) is 19.9. The van der Waals surface area contributed by atoms with Crippen molar-refractivity contribution in [1.82, 2.24) is 4.90 Å². The van der Waals surface area contributed by atoms with Gasteiger partial charge in [-0.3, -0.25) is 4.79 Å². The van der Waals surface area contributed by atoms with Crippen molar-refractivity contribution in [1.29, 1.82) is 10.5 Å². The molecule has 132 valence electrons. The molecule has 0 unspecified atom stereocenters. The lowest BCUT2D eigenvalue weighted by atomic mass is 10.1. The predicted molar refractivity (Wildman–Crippen MR) is 92.2 cm³/mol. The van der Waals surface area contributed by atoms with Gasteiger partial charge in [0.05, 0.1) is 46.3 Å². The Hall–Kier alpha value is -3.19. The van der Waals surface area contributed by atoms with Crippen molar-refractivity contribution in [3.8, 4) is 29.4 Å². The first-order chi connectivity index (χ1) is 12.1. The first-order valence-corrected chi connectivity index (χ1v) is 7.62. The third-order valence-electron chi connectivity index (χ3n) is 3.40. The summed E-state index contributed by atoms with van der Waals surface area (Å²) in [5.74, 6) is 1.18. The fourth-order valence-corrected chi connectivity index (χ4v) is 2.17. The number of nitriles is 2. The lowest BCUT2D eigenvalue weighted by Gasteiger charge is -2.18. The van der Waals surface area contributed by atoms with Crippen LogP contribution in [0.2, 0.25) is 0 Å². The van der Waals surface area contributed by atoms with Crippen LogP contribution in [0.5, 0.6) is 17.2 Å². The van der Waals surface area contributed by atoms with E-state index in [1.165, 1.54) is 32.3 Å². The Bertz CT molecular complexity index is 658. The summed E-state index contributed by atoms with van der Waals surface area (Å²) in [5.41, 5.74) is 0.698. The number of carbonyl (C=O) groups is 1. The summed E-state index contributed by atoms with van der Waals surface area (Å²) in [7, 11) is 4.55. The van der Waals surface area contributed by atoms with Crippen molar-refractivity contribution < 1.29 is 19.0 Å². The van der Waals surface area contributed by atoms with Gasteiger partial charge in [-0.2, -0.15) is 10.5 Å². The highest BCUT2D eigenvalue weighted by atomic mass is 16.5. The second-order valence-electron chi connectivity index (χ2n) is 4.93. The van der Waals surface area contributed by atoms with Gasteiger partial charge in [0.15, 0.2) is 11.5 Å². The van der Waals surface area contributed by atoms with Gasteiger partial charge in [-0.15, -0.1) is 0 Å². The van der Waals surface area contributed by atoms with E-state index in [0.29, 0.717) is 22.8 Å². The zero-order valence-corrected chi connectivity index (χ0v) is 14.6. The minimum atomic E-state index is -0.265. The largest absolute Gasteiger partial charge is 0.493 e. The molecule has 25 heavy (non-hydrogen) atoms. The Morgan fingerprint density at radius 1 is 1.04 bits per heavy atom. The molecule has 1 aromatic carbocycles. The van der Waals surface area contributed by atoms with Crippen LogP contribution in [0.25, 0.3) is 6.08 Å². The Morgan fingerprint density at radius 2 is 1.56 bits per heavy atom. The van der Waals surface area contributed by atoms with Crippen molar-refractivity contribution in [2.45, 2.75) is 12.8 Å². The van der Waals surface area contributed by atoms with Gasteiger partial charge in [-0.25, -0.2) is 0 Å². The molecule has 0 bridgehead atoms. The number of benzene rings is 1. The zero-order chi connectivity index (χ0) is 18.7. The van der Waals surface area contributed by atoms with E-state index in [9.17, 15) is 4.79 Å². The van der Waals surface area contributed by atoms with E-state index in [1.54, 1.807) is 18.2 Å². The average Bonchev–Trinajstić information content (AvgIpc) is 2.65. The number of nitrogens with zero attached hydrogens (tertiary/aromatic N) is 3. The van der Waals surface area contributed by atoms with Crippen LogP contribution < -0.4 is 14.2 Å². The van der Waals surface area contributed by atoms with Crippen molar-refractivity contribution in [2.75, 3.05) is 34.4 Å². The SMILES string of the molecule is COc1cc(/C=C/C(=O)N(CCC#N)CCC#N)cc(OC)c1OC. The molecule has 0 atom stereocenters. The molecule has 0 radical (unpaired) electrons. The molecule has 0 saturated heterocycles. The summed E-state index contributed by atoms with van der Waals surface area (Å²) >= 11 is 0. The maximum Gasteiger partial charge on any atom is 0.246 e. The van der Waals surface area contributed by atoms with Gasteiger partial charge in [0.1, 0.15) is 0 Å². The summed E-state index contributed by atoms with van der Waals surface area (Å²) in [6.45, 7) is 0.577. The van der Waals surface area contributed by atoms with Crippen LogP contribution in [0, 0.1) is 22.7 Å². The lowest BCUT2D eigenvalue weighted by Crippen LogP contribution is -2.31. The summed E-state index contributed by atoms with van der Waals surface area (Å²) in [6.07, 6.45) is 3.46. The van der Waals surface area contributed by atoms with E-state index in [0.717, 1.165) is 0 Å². The van der Waals surface area contributed by atoms with E-state index in [2.05, 4.69) is 0 Å². The smallest absolute Gasteiger partial charge is 0.246 e. The molecular weight excluding hydrogens is 322 g/mol. The minimum absolute atomic E-state index is 0.217. The Labute approximate surface area is 147 Å². The second-order valence-corrected chi connectivity index (χ2v) is 4.93. The number of hydrogen-bond donors (Lipinski definition) is 0. The maximum atomic E-state index is 12.3. The van der Waals surface area contributed by atoms with Crippen LogP contribution in [0.4, 0.5) is 0 Å². The van der Waals surface area contributed by atoms with Crippen molar-refractivity contribution >= 4 is 12.0 Å². The van der Waals surface area contributed by atoms with E-state index < -0.39 is 0 Å². The van der Waals surface area contributed by atoms with Gasteiger partial charge in [-0.05, 0) is 23.8 Å². The normalized spacial score (nSPS) is 9.96. The number of ether oxygens (including phenoxy) is 3. The van der Waals surface area contributed by atoms with E-state index >= 15 is 0 Å². The fraction of sp³-hybridized carbons (Fsp3) is 0.389. The number of rotatable bonds is 9. The number of amides is 1. The van der Waals surface area contributed by atoms with Crippen LogP contribution >= 0.6 is 0 Å². The number of hydrogen-bond acceptors (Lipinski definition) is 6. The Balaban J connectivity index is 3.00. The van der Waals surface area contributed by atoms with Gasteiger partial charge < -0.3 is 19.1 Å². The molecule has 0 spiro atoms.